The summed E-state index contributed by atoms with van der Waals surface area (Å²) in [6, 6.07) is 18.5. The van der Waals surface area contributed by atoms with Gasteiger partial charge in [-0.3, -0.25) is 0 Å². The average Bonchev–Trinajstić information content (AvgIpc) is 2.31. The molecule has 0 aliphatic carbocycles. The minimum absolute atomic E-state index is 0.740. The molecule has 80 valence electrons. The first kappa shape index (κ1) is 10.7. The quantitative estimate of drug-likeness (QED) is 0.764. The molecule has 16 heavy (non-hydrogen) atoms. The molecular weight excluding hydrogens is 201 g/mol. The summed E-state index contributed by atoms with van der Waals surface area (Å²) in [6.45, 7) is 0. The van der Waals surface area contributed by atoms with Gasteiger partial charge in [0.15, 0.2) is 0 Å². The standard InChI is InChI=1S/C12H12BNO2/c15-13(16)14(11-7-3-1-4-8-11)12-9-5-2-6-10-12/h1-10,15-16H. The van der Waals surface area contributed by atoms with E-state index in [1.165, 1.54) is 4.81 Å². The van der Waals surface area contributed by atoms with E-state index in [9.17, 15) is 10.0 Å². The number of hydrogen-bond donors (Lipinski definition) is 2. The first-order valence-corrected chi connectivity index (χ1v) is 5.04. The zero-order valence-corrected chi connectivity index (χ0v) is 8.69. The summed E-state index contributed by atoms with van der Waals surface area (Å²) in [4.78, 5) is 1.44. The maximum atomic E-state index is 9.40. The third-order valence-electron chi connectivity index (χ3n) is 2.30. The topological polar surface area (TPSA) is 43.7 Å². The molecule has 4 heteroatoms. The highest BCUT2D eigenvalue weighted by Gasteiger charge is 2.22. The van der Waals surface area contributed by atoms with Crippen LogP contribution < -0.4 is 4.81 Å². The van der Waals surface area contributed by atoms with Gasteiger partial charge in [0.05, 0.1) is 0 Å². The molecule has 0 heterocycles. The molecule has 0 saturated carbocycles. The summed E-state index contributed by atoms with van der Waals surface area (Å²) in [6.07, 6.45) is 0. The van der Waals surface area contributed by atoms with Crippen molar-refractivity contribution in [3.05, 3.63) is 60.7 Å². The van der Waals surface area contributed by atoms with Crippen LogP contribution >= 0.6 is 0 Å². The normalized spacial score (nSPS) is 9.88. The van der Waals surface area contributed by atoms with Gasteiger partial charge in [-0.1, -0.05) is 36.4 Å². The highest BCUT2D eigenvalue weighted by Crippen LogP contribution is 2.24. The van der Waals surface area contributed by atoms with Gasteiger partial charge in [0.25, 0.3) is 0 Å². The van der Waals surface area contributed by atoms with E-state index in [-0.39, 0.29) is 0 Å². The van der Waals surface area contributed by atoms with E-state index in [2.05, 4.69) is 0 Å². The third kappa shape index (κ3) is 2.24. The lowest BCUT2D eigenvalue weighted by Crippen LogP contribution is -2.35. The summed E-state index contributed by atoms with van der Waals surface area (Å²) >= 11 is 0. The smallest absolute Gasteiger partial charge is 0.407 e. The number of benzene rings is 2. The minimum atomic E-state index is -1.55. The Kier molecular flexibility index (Phi) is 3.24. The van der Waals surface area contributed by atoms with E-state index in [1.807, 2.05) is 60.7 Å². The molecule has 0 atom stereocenters. The predicted octanol–water partition coefficient (Wildman–Crippen LogP) is 1.79. The number of anilines is 2. The predicted molar refractivity (Wildman–Crippen MR) is 65.2 cm³/mol. The summed E-state index contributed by atoms with van der Waals surface area (Å²) in [5.41, 5.74) is 1.48. The zero-order chi connectivity index (χ0) is 11.4. The van der Waals surface area contributed by atoms with Crippen molar-refractivity contribution in [2.75, 3.05) is 4.81 Å². The monoisotopic (exact) mass is 213 g/mol. The van der Waals surface area contributed by atoms with Crippen LogP contribution in [-0.4, -0.2) is 17.3 Å². The number of hydrogen-bond acceptors (Lipinski definition) is 3. The Morgan fingerprint density at radius 1 is 0.688 bits per heavy atom. The van der Waals surface area contributed by atoms with Crippen molar-refractivity contribution < 1.29 is 10.0 Å². The van der Waals surface area contributed by atoms with Crippen molar-refractivity contribution >= 4 is 18.6 Å². The molecule has 3 nitrogen and oxygen atoms in total. The molecule has 0 saturated heterocycles. The van der Waals surface area contributed by atoms with E-state index in [0.29, 0.717) is 0 Å². The minimum Gasteiger partial charge on any atom is -0.407 e. The molecule has 0 aliphatic rings. The molecule has 0 unspecified atom stereocenters. The lowest BCUT2D eigenvalue weighted by molar-refractivity contribution is 0.407. The maximum Gasteiger partial charge on any atom is 0.592 e. The van der Waals surface area contributed by atoms with Crippen LogP contribution in [0.15, 0.2) is 60.7 Å². The molecule has 2 N–H and O–H groups in total. The SMILES string of the molecule is OB(O)N(c1ccccc1)c1ccccc1. The first-order chi connectivity index (χ1) is 7.79. The van der Waals surface area contributed by atoms with Crippen molar-refractivity contribution in [3.63, 3.8) is 0 Å². The van der Waals surface area contributed by atoms with Crippen LogP contribution in [-0.2, 0) is 0 Å². The molecule has 0 aliphatic heterocycles. The van der Waals surface area contributed by atoms with Crippen LogP contribution in [0, 0.1) is 0 Å². The van der Waals surface area contributed by atoms with Gasteiger partial charge in [-0.25, -0.2) is 0 Å². The molecule has 2 aromatic rings. The van der Waals surface area contributed by atoms with Crippen LogP contribution in [0.2, 0.25) is 0 Å². The Hall–Kier alpha value is -1.78. The van der Waals surface area contributed by atoms with E-state index in [0.717, 1.165) is 11.4 Å². The molecule has 0 amide bonds. The Morgan fingerprint density at radius 3 is 1.38 bits per heavy atom. The molecule has 0 fully saturated rings. The Labute approximate surface area is 94.8 Å². The maximum absolute atomic E-state index is 9.40. The van der Waals surface area contributed by atoms with E-state index >= 15 is 0 Å². The molecule has 2 rings (SSSR count). The Morgan fingerprint density at radius 2 is 1.06 bits per heavy atom. The second-order valence-corrected chi connectivity index (χ2v) is 3.39. The fourth-order valence-corrected chi connectivity index (χ4v) is 1.59. The third-order valence-corrected chi connectivity index (χ3v) is 2.30. The van der Waals surface area contributed by atoms with E-state index < -0.39 is 7.25 Å². The van der Waals surface area contributed by atoms with Gasteiger partial charge in [0, 0.05) is 11.4 Å². The number of nitrogens with zero attached hydrogens (tertiary/aromatic N) is 1. The van der Waals surface area contributed by atoms with Gasteiger partial charge in [-0.2, -0.15) is 0 Å². The second-order valence-electron chi connectivity index (χ2n) is 3.39. The van der Waals surface area contributed by atoms with Gasteiger partial charge in [-0.15, -0.1) is 0 Å². The lowest BCUT2D eigenvalue weighted by Gasteiger charge is -2.23. The molecule has 0 radical (unpaired) electrons. The molecule has 0 bridgehead atoms. The van der Waals surface area contributed by atoms with E-state index in [4.69, 9.17) is 0 Å². The van der Waals surface area contributed by atoms with Crippen molar-refractivity contribution in [2.45, 2.75) is 0 Å². The fraction of sp³-hybridized carbons (Fsp3) is 0. The van der Waals surface area contributed by atoms with Crippen molar-refractivity contribution in [1.82, 2.24) is 0 Å². The van der Waals surface area contributed by atoms with Crippen molar-refractivity contribution in [3.8, 4) is 0 Å². The summed E-state index contributed by atoms with van der Waals surface area (Å²) in [5, 5.41) is 18.8. The molecule has 0 spiro atoms. The largest absolute Gasteiger partial charge is 0.592 e. The summed E-state index contributed by atoms with van der Waals surface area (Å²) in [5.74, 6) is 0. The molecular formula is C12H12BNO2. The van der Waals surface area contributed by atoms with E-state index in [1.54, 1.807) is 0 Å². The van der Waals surface area contributed by atoms with Gasteiger partial charge < -0.3 is 14.9 Å². The van der Waals surface area contributed by atoms with Crippen molar-refractivity contribution in [2.24, 2.45) is 0 Å². The molecule has 0 aromatic heterocycles. The van der Waals surface area contributed by atoms with Crippen LogP contribution in [0.1, 0.15) is 0 Å². The van der Waals surface area contributed by atoms with Gasteiger partial charge >= 0.3 is 7.25 Å². The van der Waals surface area contributed by atoms with Crippen LogP contribution in [0.5, 0.6) is 0 Å². The van der Waals surface area contributed by atoms with Crippen LogP contribution in [0.25, 0.3) is 0 Å². The van der Waals surface area contributed by atoms with Gasteiger partial charge in [-0.05, 0) is 24.3 Å². The Balaban J connectivity index is 2.40. The van der Waals surface area contributed by atoms with Gasteiger partial charge in [0.1, 0.15) is 0 Å². The summed E-state index contributed by atoms with van der Waals surface area (Å²) < 4.78 is 0. The second kappa shape index (κ2) is 4.83. The fourth-order valence-electron chi connectivity index (χ4n) is 1.59. The van der Waals surface area contributed by atoms with Gasteiger partial charge in [0.2, 0.25) is 0 Å². The zero-order valence-electron chi connectivity index (χ0n) is 8.69. The first-order valence-electron chi connectivity index (χ1n) is 5.04. The number of para-hydroxylation sites is 2. The average molecular weight is 213 g/mol. The van der Waals surface area contributed by atoms with Crippen LogP contribution in [0.4, 0.5) is 11.4 Å². The van der Waals surface area contributed by atoms with Crippen molar-refractivity contribution in [1.29, 1.82) is 0 Å². The highest BCUT2D eigenvalue weighted by atomic mass is 16.4. The number of rotatable bonds is 3. The molecule has 2 aromatic carbocycles. The lowest BCUT2D eigenvalue weighted by atomic mass is 10.0. The van der Waals surface area contributed by atoms with Crippen LogP contribution in [0.3, 0.4) is 0 Å². The Bertz CT molecular complexity index is 394. The summed E-state index contributed by atoms with van der Waals surface area (Å²) in [7, 11) is -1.55. The highest BCUT2D eigenvalue weighted by molar-refractivity contribution is 6.49.